The molecule has 0 bridgehead atoms. The molecule has 0 saturated carbocycles. The molecule has 1 amide bonds. The Hall–Kier alpha value is -1.88. The van der Waals surface area contributed by atoms with Crippen molar-refractivity contribution in [1.29, 1.82) is 0 Å². The largest absolute Gasteiger partial charge is 0.462 e. The van der Waals surface area contributed by atoms with E-state index >= 15 is 0 Å². The van der Waals surface area contributed by atoms with E-state index in [4.69, 9.17) is 4.74 Å². The number of hydrogen-bond donors (Lipinski definition) is 1. The normalized spacial score (nSPS) is 18.2. The van der Waals surface area contributed by atoms with Crippen LogP contribution in [0, 0.1) is 0 Å². The summed E-state index contributed by atoms with van der Waals surface area (Å²) in [4.78, 5) is 26.7. The van der Waals surface area contributed by atoms with Crippen molar-refractivity contribution in [2.75, 3.05) is 25.0 Å². The van der Waals surface area contributed by atoms with Gasteiger partial charge >= 0.3 is 5.97 Å². The average Bonchev–Trinajstić information content (AvgIpc) is 2.61. The van der Waals surface area contributed by atoms with Crippen molar-refractivity contribution in [2.24, 2.45) is 0 Å². The number of nitrogens with zero attached hydrogens (tertiary/aromatic N) is 1. The summed E-state index contributed by atoms with van der Waals surface area (Å²) < 4.78 is 5.04. The number of piperidine rings is 1. The van der Waals surface area contributed by atoms with Crippen LogP contribution in [0.1, 0.15) is 56.3 Å². The molecule has 1 N–H and O–H groups in total. The summed E-state index contributed by atoms with van der Waals surface area (Å²) in [7, 11) is 0. The molecule has 5 heteroatoms. The van der Waals surface area contributed by atoms with E-state index in [0.717, 1.165) is 19.5 Å². The van der Waals surface area contributed by atoms with Crippen molar-refractivity contribution >= 4 is 17.6 Å². The maximum atomic E-state index is 12.3. The van der Waals surface area contributed by atoms with Crippen molar-refractivity contribution in [2.45, 2.75) is 52.0 Å². The van der Waals surface area contributed by atoms with Gasteiger partial charge in [0, 0.05) is 19.0 Å². The average molecular weight is 332 g/mol. The fourth-order valence-corrected chi connectivity index (χ4v) is 3.25. The van der Waals surface area contributed by atoms with E-state index < -0.39 is 5.97 Å². The second-order valence-electron chi connectivity index (χ2n) is 6.16. The number of likely N-dealkylation sites (tertiary alicyclic amines) is 1. The molecule has 2 rings (SSSR count). The van der Waals surface area contributed by atoms with Gasteiger partial charge in [-0.1, -0.05) is 25.5 Å². The number of amides is 1. The molecule has 1 fully saturated rings. The Morgan fingerprint density at radius 2 is 2.04 bits per heavy atom. The van der Waals surface area contributed by atoms with Crippen molar-refractivity contribution in [3.63, 3.8) is 0 Å². The molecule has 1 aromatic rings. The number of nitrogens with one attached hydrogen (secondary N) is 1. The van der Waals surface area contributed by atoms with Crippen LogP contribution in [-0.2, 0) is 9.53 Å². The van der Waals surface area contributed by atoms with Gasteiger partial charge in [0.05, 0.1) is 17.9 Å². The molecule has 132 valence electrons. The molecule has 5 nitrogen and oxygen atoms in total. The Labute approximate surface area is 144 Å². The van der Waals surface area contributed by atoms with Gasteiger partial charge in [-0.25, -0.2) is 4.79 Å². The van der Waals surface area contributed by atoms with Crippen LogP contribution in [0.3, 0.4) is 0 Å². The highest BCUT2D eigenvalue weighted by Crippen LogP contribution is 2.20. The van der Waals surface area contributed by atoms with E-state index in [2.05, 4.69) is 17.1 Å². The van der Waals surface area contributed by atoms with Gasteiger partial charge in [-0.15, -0.1) is 0 Å². The fraction of sp³-hybridized carbons (Fsp3) is 0.579. The van der Waals surface area contributed by atoms with Crippen LogP contribution in [0.25, 0.3) is 0 Å². The monoisotopic (exact) mass is 332 g/mol. The summed E-state index contributed by atoms with van der Waals surface area (Å²) in [6, 6.07) is 7.57. The number of hydrogen-bond acceptors (Lipinski definition) is 4. The molecular weight excluding hydrogens is 304 g/mol. The molecule has 1 aromatic carbocycles. The van der Waals surface area contributed by atoms with E-state index in [1.165, 1.54) is 19.3 Å². The van der Waals surface area contributed by atoms with Crippen LogP contribution in [0.15, 0.2) is 24.3 Å². The van der Waals surface area contributed by atoms with Gasteiger partial charge in [-0.2, -0.15) is 0 Å². The number of anilines is 1. The van der Waals surface area contributed by atoms with Crippen LogP contribution in [-0.4, -0.2) is 42.5 Å². The zero-order chi connectivity index (χ0) is 17.4. The van der Waals surface area contributed by atoms with Crippen LogP contribution >= 0.6 is 0 Å². The van der Waals surface area contributed by atoms with Gasteiger partial charge in [0.15, 0.2) is 0 Å². The fourth-order valence-electron chi connectivity index (χ4n) is 3.25. The van der Waals surface area contributed by atoms with Gasteiger partial charge in [0.1, 0.15) is 0 Å². The standard InChI is InChI=1S/C19H28N2O3/c1-3-15-9-7-8-13-21(15)14-12-18(22)20-17-11-6-5-10-16(17)19(23)24-4-2/h5-6,10-11,15H,3-4,7-9,12-14H2,1-2H3,(H,20,22). The highest BCUT2D eigenvalue weighted by Gasteiger charge is 2.21. The number of rotatable bonds is 7. The van der Waals surface area contributed by atoms with Gasteiger partial charge in [0.25, 0.3) is 0 Å². The number of para-hydroxylation sites is 1. The minimum Gasteiger partial charge on any atom is -0.462 e. The maximum Gasteiger partial charge on any atom is 0.340 e. The molecule has 1 atom stereocenters. The number of esters is 1. The molecule has 1 aliphatic rings. The number of benzene rings is 1. The smallest absolute Gasteiger partial charge is 0.340 e. The first-order valence-corrected chi connectivity index (χ1v) is 8.95. The lowest BCUT2D eigenvalue weighted by molar-refractivity contribution is -0.116. The first-order chi connectivity index (χ1) is 11.7. The van der Waals surface area contributed by atoms with Crippen molar-refractivity contribution in [1.82, 2.24) is 4.90 Å². The molecule has 0 spiro atoms. The Bertz CT molecular complexity index is 559. The van der Waals surface area contributed by atoms with Gasteiger partial charge in [-0.05, 0) is 44.9 Å². The van der Waals surface area contributed by atoms with E-state index in [-0.39, 0.29) is 5.91 Å². The molecule has 1 saturated heterocycles. The minimum absolute atomic E-state index is 0.0628. The predicted octanol–water partition coefficient (Wildman–Crippen LogP) is 3.46. The number of carbonyl (C=O) groups excluding carboxylic acids is 2. The van der Waals surface area contributed by atoms with Crippen LogP contribution in [0.2, 0.25) is 0 Å². The Kier molecular flexibility index (Phi) is 7.25. The summed E-state index contributed by atoms with van der Waals surface area (Å²) in [5, 5.41) is 2.86. The lowest BCUT2D eigenvalue weighted by Gasteiger charge is -2.35. The second-order valence-corrected chi connectivity index (χ2v) is 6.16. The van der Waals surface area contributed by atoms with Crippen LogP contribution in [0.5, 0.6) is 0 Å². The summed E-state index contributed by atoms with van der Waals surface area (Å²) in [5.74, 6) is -0.470. The number of ether oxygens (including phenoxy) is 1. The summed E-state index contributed by atoms with van der Waals surface area (Å²) >= 11 is 0. The third-order valence-electron chi connectivity index (χ3n) is 4.54. The third kappa shape index (κ3) is 5.06. The van der Waals surface area contributed by atoms with E-state index in [1.807, 2.05) is 0 Å². The topological polar surface area (TPSA) is 58.6 Å². The molecule has 0 aliphatic carbocycles. The van der Waals surface area contributed by atoms with Crippen LogP contribution in [0.4, 0.5) is 5.69 Å². The summed E-state index contributed by atoms with van der Waals surface area (Å²) in [5.41, 5.74) is 0.920. The highest BCUT2D eigenvalue weighted by atomic mass is 16.5. The van der Waals surface area contributed by atoms with Crippen molar-refractivity contribution in [3.8, 4) is 0 Å². The van der Waals surface area contributed by atoms with Crippen molar-refractivity contribution < 1.29 is 14.3 Å². The summed E-state index contributed by atoms with van der Waals surface area (Å²) in [6.07, 6.45) is 5.29. The maximum absolute atomic E-state index is 12.3. The lowest BCUT2D eigenvalue weighted by Crippen LogP contribution is -2.40. The zero-order valence-electron chi connectivity index (χ0n) is 14.7. The molecular formula is C19H28N2O3. The van der Waals surface area contributed by atoms with Gasteiger partial charge < -0.3 is 10.1 Å². The molecule has 0 aromatic heterocycles. The van der Waals surface area contributed by atoms with Gasteiger partial charge in [0.2, 0.25) is 5.91 Å². The van der Waals surface area contributed by atoms with E-state index in [9.17, 15) is 9.59 Å². The third-order valence-corrected chi connectivity index (χ3v) is 4.54. The lowest BCUT2D eigenvalue weighted by atomic mass is 10.00. The SMILES string of the molecule is CCOC(=O)c1ccccc1NC(=O)CCN1CCCCC1CC. The number of carbonyl (C=O) groups is 2. The van der Waals surface area contributed by atoms with Crippen molar-refractivity contribution in [3.05, 3.63) is 29.8 Å². The van der Waals surface area contributed by atoms with E-state index in [0.29, 0.717) is 30.3 Å². The molecule has 1 aliphatic heterocycles. The highest BCUT2D eigenvalue weighted by molar-refractivity contribution is 6.01. The second kappa shape index (κ2) is 9.42. The van der Waals surface area contributed by atoms with Gasteiger partial charge in [-0.3, -0.25) is 9.69 Å². The Morgan fingerprint density at radius 3 is 2.79 bits per heavy atom. The Morgan fingerprint density at radius 1 is 1.25 bits per heavy atom. The molecule has 1 heterocycles. The first kappa shape index (κ1) is 18.5. The van der Waals surface area contributed by atoms with Crippen LogP contribution < -0.4 is 5.32 Å². The molecule has 24 heavy (non-hydrogen) atoms. The molecule has 1 unspecified atom stereocenters. The quantitative estimate of drug-likeness (QED) is 0.777. The zero-order valence-corrected chi connectivity index (χ0v) is 14.7. The van der Waals surface area contributed by atoms with E-state index in [1.54, 1.807) is 31.2 Å². The molecule has 0 radical (unpaired) electrons. The Balaban J connectivity index is 1.91. The predicted molar refractivity (Wildman–Crippen MR) is 95.1 cm³/mol. The first-order valence-electron chi connectivity index (χ1n) is 8.95. The minimum atomic E-state index is -0.407. The summed E-state index contributed by atoms with van der Waals surface area (Å²) in [6.45, 7) is 6.13.